The van der Waals surface area contributed by atoms with Crippen LogP contribution in [-0.4, -0.2) is 23.1 Å². The van der Waals surface area contributed by atoms with E-state index < -0.39 is 0 Å². The summed E-state index contributed by atoms with van der Waals surface area (Å²) in [5.41, 5.74) is 2.06. The molecular formula is C20H18ClN3O2S2. The number of anilines is 2. The van der Waals surface area contributed by atoms with Crippen molar-refractivity contribution < 1.29 is 9.59 Å². The highest BCUT2D eigenvalue weighted by Crippen LogP contribution is 2.20. The maximum absolute atomic E-state index is 12.2. The number of hydrogen-bond donors (Lipinski definition) is 2. The lowest BCUT2D eigenvalue weighted by molar-refractivity contribution is -0.116. The molecule has 28 heavy (non-hydrogen) atoms. The second kappa shape index (κ2) is 9.73. The highest BCUT2D eigenvalue weighted by molar-refractivity contribution is 7.98. The van der Waals surface area contributed by atoms with E-state index >= 15 is 0 Å². The highest BCUT2D eigenvalue weighted by atomic mass is 35.5. The van der Waals surface area contributed by atoms with Gasteiger partial charge in [0.15, 0.2) is 5.13 Å². The molecule has 1 heterocycles. The number of nitrogens with zero attached hydrogens (tertiary/aromatic N) is 1. The van der Waals surface area contributed by atoms with Crippen molar-refractivity contribution in [2.24, 2.45) is 0 Å². The number of thioether (sulfide) groups is 1. The fourth-order valence-electron chi connectivity index (χ4n) is 2.42. The summed E-state index contributed by atoms with van der Waals surface area (Å²) in [6.45, 7) is 0. The summed E-state index contributed by atoms with van der Waals surface area (Å²) in [7, 11) is 0. The zero-order valence-electron chi connectivity index (χ0n) is 15.1. The van der Waals surface area contributed by atoms with Crippen LogP contribution in [0.15, 0.2) is 58.8 Å². The molecule has 3 rings (SSSR count). The number of amides is 2. The van der Waals surface area contributed by atoms with E-state index in [1.165, 1.54) is 11.3 Å². The second-order valence-electron chi connectivity index (χ2n) is 5.89. The fraction of sp³-hybridized carbons (Fsp3) is 0.150. The number of aryl methyl sites for hydroxylation is 1. The summed E-state index contributed by atoms with van der Waals surface area (Å²) in [6.07, 6.45) is 2.81. The molecule has 0 aliphatic carbocycles. The number of halogens is 1. The normalized spacial score (nSPS) is 10.5. The van der Waals surface area contributed by atoms with Crippen LogP contribution in [-0.2, 0) is 11.2 Å². The maximum atomic E-state index is 12.2. The summed E-state index contributed by atoms with van der Waals surface area (Å²) in [6, 6.07) is 14.4. The third-order valence-electron chi connectivity index (χ3n) is 3.84. The minimum atomic E-state index is -0.246. The van der Waals surface area contributed by atoms with Crippen LogP contribution in [0.3, 0.4) is 0 Å². The van der Waals surface area contributed by atoms with Crippen LogP contribution >= 0.6 is 34.7 Å². The van der Waals surface area contributed by atoms with E-state index in [-0.39, 0.29) is 11.8 Å². The lowest BCUT2D eigenvalue weighted by atomic mass is 10.2. The first kappa shape index (κ1) is 20.4. The van der Waals surface area contributed by atoms with Gasteiger partial charge in [0, 0.05) is 33.0 Å². The maximum Gasteiger partial charge on any atom is 0.257 e. The van der Waals surface area contributed by atoms with E-state index in [9.17, 15) is 9.59 Å². The zero-order chi connectivity index (χ0) is 19.9. The molecule has 0 atom stereocenters. The summed E-state index contributed by atoms with van der Waals surface area (Å²) in [5, 5.41) is 8.58. The fourth-order valence-corrected chi connectivity index (χ4v) is 3.74. The number of thiazole rings is 1. The molecule has 0 unspecified atom stereocenters. The summed E-state index contributed by atoms with van der Waals surface area (Å²) in [4.78, 5) is 29.8. The minimum absolute atomic E-state index is 0.0713. The molecule has 2 aromatic carbocycles. The van der Waals surface area contributed by atoms with Gasteiger partial charge in [0.1, 0.15) is 0 Å². The van der Waals surface area contributed by atoms with Crippen molar-refractivity contribution in [3.63, 3.8) is 0 Å². The van der Waals surface area contributed by atoms with E-state index in [0.29, 0.717) is 28.6 Å². The Labute approximate surface area is 176 Å². The molecular weight excluding hydrogens is 414 g/mol. The van der Waals surface area contributed by atoms with Crippen molar-refractivity contribution in [1.82, 2.24) is 4.98 Å². The molecule has 3 aromatic rings. The third kappa shape index (κ3) is 5.82. The van der Waals surface area contributed by atoms with Gasteiger partial charge in [-0.2, -0.15) is 0 Å². The van der Waals surface area contributed by atoms with Gasteiger partial charge >= 0.3 is 0 Å². The van der Waals surface area contributed by atoms with Gasteiger partial charge in [-0.15, -0.1) is 23.1 Å². The molecule has 0 radical (unpaired) electrons. The van der Waals surface area contributed by atoms with Gasteiger partial charge in [0.2, 0.25) is 5.91 Å². The monoisotopic (exact) mass is 431 g/mol. The Morgan fingerprint density at radius 1 is 1.14 bits per heavy atom. The van der Waals surface area contributed by atoms with Crippen LogP contribution in [0, 0.1) is 0 Å². The number of carbonyl (C=O) groups is 2. The van der Waals surface area contributed by atoms with Crippen molar-refractivity contribution in [3.05, 3.63) is 70.2 Å². The topological polar surface area (TPSA) is 71.1 Å². The van der Waals surface area contributed by atoms with Gasteiger partial charge in [0.25, 0.3) is 5.91 Å². The minimum Gasteiger partial charge on any atom is -0.326 e. The Morgan fingerprint density at radius 2 is 1.93 bits per heavy atom. The SMILES string of the molecule is CSc1cccc(NC(=O)CCc2csc(NC(=O)c3ccc(Cl)cc3)n2)c1. The Bertz CT molecular complexity index is 974. The van der Waals surface area contributed by atoms with Gasteiger partial charge in [-0.3, -0.25) is 14.9 Å². The predicted molar refractivity (Wildman–Crippen MR) is 117 cm³/mol. The van der Waals surface area contributed by atoms with Crippen LogP contribution in [0.25, 0.3) is 0 Å². The Kier molecular flexibility index (Phi) is 7.08. The Morgan fingerprint density at radius 3 is 2.68 bits per heavy atom. The molecule has 0 spiro atoms. The molecule has 0 saturated heterocycles. The first-order chi connectivity index (χ1) is 13.5. The van der Waals surface area contributed by atoms with Gasteiger partial charge < -0.3 is 5.32 Å². The molecule has 0 aliphatic rings. The average molecular weight is 432 g/mol. The number of nitrogens with one attached hydrogen (secondary N) is 2. The molecule has 0 saturated carbocycles. The van der Waals surface area contributed by atoms with Crippen molar-refractivity contribution >= 4 is 57.3 Å². The quantitative estimate of drug-likeness (QED) is 0.495. The highest BCUT2D eigenvalue weighted by Gasteiger charge is 2.10. The summed E-state index contributed by atoms with van der Waals surface area (Å²) in [5.74, 6) is -0.318. The molecule has 0 bridgehead atoms. The average Bonchev–Trinajstić information content (AvgIpc) is 3.14. The largest absolute Gasteiger partial charge is 0.326 e. The summed E-state index contributed by atoms with van der Waals surface area (Å²) < 4.78 is 0. The van der Waals surface area contributed by atoms with Gasteiger partial charge in [0.05, 0.1) is 5.69 Å². The molecule has 0 aliphatic heterocycles. The van der Waals surface area contributed by atoms with Crippen LogP contribution in [0.4, 0.5) is 10.8 Å². The number of aromatic nitrogens is 1. The Balaban J connectivity index is 1.50. The standard InChI is InChI=1S/C20H18ClN3O2S2/c1-27-17-4-2-3-15(11-17)22-18(25)10-9-16-12-28-20(23-16)24-19(26)13-5-7-14(21)8-6-13/h2-8,11-12H,9-10H2,1H3,(H,22,25)(H,23,24,26). The molecule has 0 fully saturated rings. The Hall–Kier alpha value is -2.35. The smallest absolute Gasteiger partial charge is 0.257 e. The number of benzene rings is 2. The van der Waals surface area contributed by atoms with Crippen molar-refractivity contribution in [1.29, 1.82) is 0 Å². The van der Waals surface area contributed by atoms with E-state index in [0.717, 1.165) is 16.3 Å². The molecule has 144 valence electrons. The lowest BCUT2D eigenvalue weighted by Gasteiger charge is -2.06. The summed E-state index contributed by atoms with van der Waals surface area (Å²) >= 11 is 8.79. The first-order valence-corrected chi connectivity index (χ1v) is 11.0. The van der Waals surface area contributed by atoms with Crippen molar-refractivity contribution in [2.75, 3.05) is 16.9 Å². The van der Waals surface area contributed by atoms with Crippen molar-refractivity contribution in [3.8, 4) is 0 Å². The first-order valence-electron chi connectivity index (χ1n) is 8.49. The van der Waals surface area contributed by atoms with Gasteiger partial charge in [-0.05, 0) is 55.1 Å². The second-order valence-corrected chi connectivity index (χ2v) is 8.06. The molecule has 2 N–H and O–H groups in total. The van der Waals surface area contributed by atoms with E-state index in [1.54, 1.807) is 36.0 Å². The van der Waals surface area contributed by atoms with Crippen LogP contribution in [0.1, 0.15) is 22.5 Å². The molecule has 1 aromatic heterocycles. The van der Waals surface area contributed by atoms with Gasteiger partial charge in [-0.25, -0.2) is 4.98 Å². The van der Waals surface area contributed by atoms with E-state index in [1.807, 2.05) is 35.9 Å². The zero-order valence-corrected chi connectivity index (χ0v) is 17.5. The molecule has 8 heteroatoms. The predicted octanol–water partition coefficient (Wildman–Crippen LogP) is 5.34. The van der Waals surface area contributed by atoms with E-state index in [4.69, 9.17) is 11.6 Å². The van der Waals surface area contributed by atoms with Crippen LogP contribution in [0.5, 0.6) is 0 Å². The molecule has 2 amide bonds. The number of rotatable bonds is 7. The number of hydrogen-bond acceptors (Lipinski definition) is 5. The third-order valence-corrected chi connectivity index (χ3v) is 5.62. The number of carbonyl (C=O) groups excluding carboxylic acids is 2. The van der Waals surface area contributed by atoms with Crippen molar-refractivity contribution in [2.45, 2.75) is 17.7 Å². The van der Waals surface area contributed by atoms with Gasteiger partial charge in [-0.1, -0.05) is 17.7 Å². The molecule has 5 nitrogen and oxygen atoms in total. The van der Waals surface area contributed by atoms with Crippen LogP contribution in [0.2, 0.25) is 5.02 Å². The van der Waals surface area contributed by atoms with Crippen LogP contribution < -0.4 is 10.6 Å². The lowest BCUT2D eigenvalue weighted by Crippen LogP contribution is -2.13. The van der Waals surface area contributed by atoms with E-state index in [2.05, 4.69) is 15.6 Å².